The molecule has 4 aliphatic rings. The van der Waals surface area contributed by atoms with Crippen LogP contribution in [0.2, 0.25) is 0 Å². The summed E-state index contributed by atoms with van der Waals surface area (Å²) in [6.45, 7) is 9.76. The van der Waals surface area contributed by atoms with Crippen molar-refractivity contribution in [1.82, 2.24) is 0 Å². The highest BCUT2D eigenvalue weighted by atomic mass is 16.1. The van der Waals surface area contributed by atoms with Crippen molar-refractivity contribution in [3.05, 3.63) is 12.2 Å². The Balaban J connectivity index is 1.70. The molecule has 4 aliphatic carbocycles. The Labute approximate surface area is 135 Å². The third-order valence-electron chi connectivity index (χ3n) is 8.58. The Kier molecular flexibility index (Phi) is 3.05. The van der Waals surface area contributed by atoms with Gasteiger partial charge in [-0.2, -0.15) is 0 Å². The summed E-state index contributed by atoms with van der Waals surface area (Å²) < 4.78 is 0. The van der Waals surface area contributed by atoms with E-state index in [2.05, 4.69) is 39.8 Å². The molecule has 0 amide bonds. The van der Waals surface area contributed by atoms with Crippen molar-refractivity contribution in [2.24, 2.45) is 39.9 Å². The number of fused-ring (bicyclic) bond motifs is 5. The van der Waals surface area contributed by atoms with E-state index in [-0.39, 0.29) is 5.41 Å². The fraction of sp³-hybridized carbons (Fsp3) is 0.857. The molecule has 0 N–H and O–H groups in total. The third-order valence-corrected chi connectivity index (χ3v) is 8.58. The number of rotatable bonds is 0. The van der Waals surface area contributed by atoms with Crippen LogP contribution in [-0.2, 0) is 4.79 Å². The van der Waals surface area contributed by atoms with Crippen molar-refractivity contribution in [3.8, 4) is 0 Å². The molecular formula is C21H32O. The van der Waals surface area contributed by atoms with Crippen molar-refractivity contribution < 1.29 is 4.79 Å². The molecule has 0 bridgehead atoms. The average Bonchev–Trinajstić information content (AvgIpc) is 2.74. The zero-order chi connectivity index (χ0) is 15.8. The molecule has 3 saturated carbocycles. The molecule has 1 nitrogen and oxygen atoms in total. The van der Waals surface area contributed by atoms with E-state index in [0.29, 0.717) is 22.5 Å². The number of allylic oxidation sites excluding steroid dienone is 2. The van der Waals surface area contributed by atoms with Crippen molar-refractivity contribution in [2.75, 3.05) is 0 Å². The first kappa shape index (κ1) is 15.0. The maximum absolute atomic E-state index is 12.5. The highest BCUT2D eigenvalue weighted by Gasteiger charge is 2.61. The van der Waals surface area contributed by atoms with Crippen LogP contribution < -0.4 is 0 Å². The monoisotopic (exact) mass is 300 g/mol. The molecule has 0 saturated heterocycles. The van der Waals surface area contributed by atoms with E-state index < -0.39 is 0 Å². The van der Waals surface area contributed by atoms with Crippen LogP contribution in [0.3, 0.4) is 0 Å². The Hall–Kier alpha value is -0.590. The first-order valence-electron chi connectivity index (χ1n) is 9.50. The molecule has 122 valence electrons. The largest absolute Gasteiger partial charge is 0.299 e. The molecule has 0 aromatic carbocycles. The van der Waals surface area contributed by atoms with Gasteiger partial charge in [0.05, 0.1) is 0 Å². The minimum Gasteiger partial charge on any atom is -0.299 e. The predicted octanol–water partition coefficient (Wildman–Crippen LogP) is 5.40. The summed E-state index contributed by atoms with van der Waals surface area (Å²) in [6.07, 6.45) is 13.4. The number of ketones is 1. The van der Waals surface area contributed by atoms with E-state index in [0.717, 1.165) is 30.6 Å². The summed E-state index contributed by atoms with van der Waals surface area (Å²) in [6, 6.07) is 0. The van der Waals surface area contributed by atoms with Gasteiger partial charge < -0.3 is 0 Å². The second kappa shape index (κ2) is 4.48. The number of hydrogen-bond acceptors (Lipinski definition) is 1. The second-order valence-corrected chi connectivity index (χ2v) is 9.86. The van der Waals surface area contributed by atoms with Crippen molar-refractivity contribution in [3.63, 3.8) is 0 Å². The van der Waals surface area contributed by atoms with Crippen LogP contribution in [0.4, 0.5) is 0 Å². The van der Waals surface area contributed by atoms with Crippen LogP contribution in [0, 0.1) is 39.9 Å². The zero-order valence-electron chi connectivity index (χ0n) is 14.8. The van der Waals surface area contributed by atoms with Gasteiger partial charge in [-0.25, -0.2) is 0 Å². The first-order chi connectivity index (χ1) is 10.3. The summed E-state index contributed by atoms with van der Waals surface area (Å²) in [5, 5.41) is 0. The van der Waals surface area contributed by atoms with Gasteiger partial charge in [0, 0.05) is 11.8 Å². The fourth-order valence-corrected chi connectivity index (χ4v) is 7.48. The maximum atomic E-state index is 12.5. The van der Waals surface area contributed by atoms with Crippen molar-refractivity contribution in [1.29, 1.82) is 0 Å². The molecule has 0 spiro atoms. The lowest BCUT2D eigenvalue weighted by Gasteiger charge is -2.61. The minimum absolute atomic E-state index is 0.0321. The SMILES string of the molecule is CC1(C)C=CCC2(C)C3CCC4(C)C(=O)CCC4C3CCC12. The summed E-state index contributed by atoms with van der Waals surface area (Å²) in [5.74, 6) is 3.75. The highest BCUT2D eigenvalue weighted by Crippen LogP contribution is 2.67. The number of Topliss-reactive ketones (excluding diaryl/α,β-unsaturated/α-hetero) is 1. The van der Waals surface area contributed by atoms with Crippen LogP contribution in [0.25, 0.3) is 0 Å². The van der Waals surface area contributed by atoms with Gasteiger partial charge >= 0.3 is 0 Å². The van der Waals surface area contributed by atoms with Crippen LogP contribution in [0.1, 0.15) is 72.6 Å². The summed E-state index contributed by atoms with van der Waals surface area (Å²) in [4.78, 5) is 12.5. The van der Waals surface area contributed by atoms with E-state index in [1.54, 1.807) is 0 Å². The molecule has 0 aromatic rings. The molecule has 0 heterocycles. The molecule has 4 rings (SSSR count). The van der Waals surface area contributed by atoms with Gasteiger partial charge in [0.15, 0.2) is 0 Å². The molecule has 1 heteroatoms. The van der Waals surface area contributed by atoms with Gasteiger partial charge in [-0.3, -0.25) is 4.79 Å². The maximum Gasteiger partial charge on any atom is 0.139 e. The van der Waals surface area contributed by atoms with Crippen LogP contribution >= 0.6 is 0 Å². The first-order valence-corrected chi connectivity index (χ1v) is 9.50. The Morgan fingerprint density at radius 3 is 2.55 bits per heavy atom. The normalized spacial score (nSPS) is 52.8. The number of carbonyl (C=O) groups excluding carboxylic acids is 1. The van der Waals surface area contributed by atoms with Gasteiger partial charge in [-0.1, -0.05) is 39.8 Å². The minimum atomic E-state index is 0.0321. The van der Waals surface area contributed by atoms with E-state index in [4.69, 9.17) is 0 Å². The van der Waals surface area contributed by atoms with Gasteiger partial charge in [0.25, 0.3) is 0 Å². The summed E-state index contributed by atoms with van der Waals surface area (Å²) in [5.41, 5.74) is 0.850. The molecule has 0 aromatic heterocycles. The van der Waals surface area contributed by atoms with E-state index in [9.17, 15) is 4.79 Å². The topological polar surface area (TPSA) is 17.1 Å². The average molecular weight is 300 g/mol. The lowest BCUT2D eigenvalue weighted by molar-refractivity contribution is -0.140. The Morgan fingerprint density at radius 2 is 1.77 bits per heavy atom. The molecule has 0 aliphatic heterocycles. The predicted molar refractivity (Wildman–Crippen MR) is 90.4 cm³/mol. The van der Waals surface area contributed by atoms with E-state index >= 15 is 0 Å². The second-order valence-electron chi connectivity index (χ2n) is 9.86. The van der Waals surface area contributed by atoms with Crippen molar-refractivity contribution >= 4 is 5.78 Å². The fourth-order valence-electron chi connectivity index (χ4n) is 7.48. The number of carbonyl (C=O) groups is 1. The number of hydrogen-bond donors (Lipinski definition) is 0. The van der Waals surface area contributed by atoms with Gasteiger partial charge in [-0.05, 0) is 73.0 Å². The summed E-state index contributed by atoms with van der Waals surface area (Å²) >= 11 is 0. The standard InChI is InChI=1S/C21H32O/c1-19(2)11-5-12-20(3)16-10-13-21(4)15(7-9-18(21)22)14(16)6-8-17(19)20/h5,11,14-17H,6-10,12-13H2,1-4H3. The van der Waals surface area contributed by atoms with Crippen molar-refractivity contribution in [2.45, 2.75) is 72.6 Å². The smallest absolute Gasteiger partial charge is 0.139 e. The van der Waals surface area contributed by atoms with Crippen LogP contribution in [0.15, 0.2) is 12.2 Å². The van der Waals surface area contributed by atoms with Gasteiger partial charge in [0.2, 0.25) is 0 Å². The summed E-state index contributed by atoms with van der Waals surface area (Å²) in [7, 11) is 0. The Morgan fingerprint density at radius 1 is 1.00 bits per heavy atom. The zero-order valence-corrected chi connectivity index (χ0v) is 14.8. The molecule has 6 atom stereocenters. The lowest BCUT2D eigenvalue weighted by atomic mass is 9.43. The third kappa shape index (κ3) is 1.74. The van der Waals surface area contributed by atoms with Crippen LogP contribution in [0.5, 0.6) is 0 Å². The molecule has 3 fully saturated rings. The highest BCUT2D eigenvalue weighted by molar-refractivity contribution is 5.87. The molecule has 6 unspecified atom stereocenters. The lowest BCUT2D eigenvalue weighted by Crippen LogP contribution is -2.55. The molecule has 0 radical (unpaired) electrons. The Bertz CT molecular complexity index is 530. The van der Waals surface area contributed by atoms with E-state index in [1.807, 2.05) is 0 Å². The van der Waals surface area contributed by atoms with E-state index in [1.165, 1.54) is 32.1 Å². The van der Waals surface area contributed by atoms with Crippen LogP contribution in [-0.4, -0.2) is 5.78 Å². The van der Waals surface area contributed by atoms with Gasteiger partial charge in [-0.15, -0.1) is 0 Å². The molecular weight excluding hydrogens is 268 g/mol. The molecule has 22 heavy (non-hydrogen) atoms. The quantitative estimate of drug-likeness (QED) is 0.547. The van der Waals surface area contributed by atoms with Gasteiger partial charge in [0.1, 0.15) is 5.78 Å².